The van der Waals surface area contributed by atoms with E-state index in [0.717, 1.165) is 28.1 Å². The van der Waals surface area contributed by atoms with Crippen molar-refractivity contribution in [3.63, 3.8) is 0 Å². The van der Waals surface area contributed by atoms with E-state index in [1.165, 1.54) is 0 Å². The number of hydrogen-bond acceptors (Lipinski definition) is 2. The van der Waals surface area contributed by atoms with Crippen LogP contribution in [0.15, 0.2) is 48.5 Å². The van der Waals surface area contributed by atoms with Crippen molar-refractivity contribution in [2.24, 2.45) is 5.92 Å². The summed E-state index contributed by atoms with van der Waals surface area (Å²) in [5, 5.41) is 14.0. The van der Waals surface area contributed by atoms with Gasteiger partial charge in [-0.15, -0.1) is 0 Å². The molecule has 4 rings (SSSR count). The fraction of sp³-hybridized carbons (Fsp3) is 0.316. The third-order valence-corrected chi connectivity index (χ3v) is 5.28. The fourth-order valence-electron chi connectivity index (χ4n) is 3.61. The minimum atomic E-state index is -0.547. The Hall–Kier alpha value is -1.84. The van der Waals surface area contributed by atoms with Gasteiger partial charge in [-0.3, -0.25) is 4.79 Å². The van der Waals surface area contributed by atoms with Gasteiger partial charge in [0.1, 0.15) is 0 Å². The number of hydrogen-bond donors (Lipinski definition) is 2. The van der Waals surface area contributed by atoms with E-state index in [9.17, 15) is 9.90 Å². The molecule has 3 nitrogen and oxygen atoms in total. The standard InChI is InChI=1S/C19H18ClNO2/c20-16-8-4-3-7-13(16)14-10-15(14)19(23)21-18-12-6-2-1-5-11(12)9-17(18)22/h1-8,14-15,17-18,22H,9-10H2,(H,21,23)/t14?,15?,17-,18+/m1/s1. The second-order valence-electron chi connectivity index (χ2n) is 6.43. The maximum atomic E-state index is 12.5. The van der Waals surface area contributed by atoms with E-state index >= 15 is 0 Å². The Kier molecular flexibility index (Phi) is 3.63. The zero-order chi connectivity index (χ0) is 16.0. The van der Waals surface area contributed by atoms with Gasteiger partial charge in [0.05, 0.1) is 12.1 Å². The number of benzene rings is 2. The van der Waals surface area contributed by atoms with Crippen molar-refractivity contribution in [2.75, 3.05) is 0 Å². The predicted molar refractivity (Wildman–Crippen MR) is 89.3 cm³/mol. The maximum Gasteiger partial charge on any atom is 0.224 e. The third-order valence-electron chi connectivity index (χ3n) is 4.93. The first-order valence-corrected chi connectivity index (χ1v) is 8.33. The van der Waals surface area contributed by atoms with Crippen molar-refractivity contribution in [1.82, 2.24) is 5.32 Å². The quantitative estimate of drug-likeness (QED) is 0.909. The largest absolute Gasteiger partial charge is 0.390 e. The lowest BCUT2D eigenvalue weighted by Crippen LogP contribution is -2.35. The first kappa shape index (κ1) is 14.7. The summed E-state index contributed by atoms with van der Waals surface area (Å²) in [7, 11) is 0. The molecule has 2 aliphatic rings. The lowest BCUT2D eigenvalue weighted by atomic mass is 10.1. The summed E-state index contributed by atoms with van der Waals surface area (Å²) in [5.41, 5.74) is 3.19. The Bertz CT molecular complexity index is 761. The normalized spacial score (nSPS) is 28.3. The molecule has 2 aromatic carbocycles. The molecular weight excluding hydrogens is 310 g/mol. The molecular formula is C19H18ClNO2. The molecule has 0 saturated heterocycles. The van der Waals surface area contributed by atoms with Gasteiger partial charge in [-0.2, -0.15) is 0 Å². The van der Waals surface area contributed by atoms with Gasteiger partial charge >= 0.3 is 0 Å². The summed E-state index contributed by atoms with van der Waals surface area (Å²) in [5.74, 6) is 0.156. The van der Waals surface area contributed by atoms with Crippen LogP contribution in [-0.4, -0.2) is 17.1 Å². The number of fused-ring (bicyclic) bond motifs is 1. The molecule has 4 atom stereocenters. The van der Waals surface area contributed by atoms with Gasteiger partial charge in [-0.05, 0) is 35.1 Å². The summed E-state index contributed by atoms with van der Waals surface area (Å²) >= 11 is 6.22. The fourth-order valence-corrected chi connectivity index (χ4v) is 3.89. The summed E-state index contributed by atoms with van der Waals surface area (Å²) < 4.78 is 0. The third kappa shape index (κ3) is 2.64. The Labute approximate surface area is 140 Å². The average molecular weight is 328 g/mol. The molecule has 2 N–H and O–H groups in total. The minimum absolute atomic E-state index is 0.00988. The molecule has 2 aromatic rings. The van der Waals surface area contributed by atoms with Gasteiger partial charge in [-0.1, -0.05) is 54.1 Å². The molecule has 1 saturated carbocycles. The number of aliphatic hydroxyl groups is 1. The number of carbonyl (C=O) groups is 1. The number of halogens is 1. The molecule has 118 valence electrons. The number of aliphatic hydroxyl groups excluding tert-OH is 1. The van der Waals surface area contributed by atoms with Crippen LogP contribution in [0.4, 0.5) is 0 Å². The lowest BCUT2D eigenvalue weighted by Gasteiger charge is -2.18. The van der Waals surface area contributed by atoms with Crippen LogP contribution < -0.4 is 5.32 Å². The van der Waals surface area contributed by atoms with Crippen molar-refractivity contribution in [3.05, 3.63) is 70.2 Å². The van der Waals surface area contributed by atoms with Crippen LogP contribution in [0.2, 0.25) is 5.02 Å². The summed E-state index contributed by atoms with van der Waals surface area (Å²) in [6.07, 6.45) is 0.869. The highest BCUT2D eigenvalue weighted by molar-refractivity contribution is 6.31. The van der Waals surface area contributed by atoms with E-state index in [4.69, 9.17) is 11.6 Å². The zero-order valence-electron chi connectivity index (χ0n) is 12.6. The molecule has 0 radical (unpaired) electrons. The van der Waals surface area contributed by atoms with E-state index in [1.54, 1.807) is 0 Å². The van der Waals surface area contributed by atoms with Gasteiger partial charge in [0.2, 0.25) is 5.91 Å². The van der Waals surface area contributed by atoms with Crippen LogP contribution in [-0.2, 0) is 11.2 Å². The molecule has 0 bridgehead atoms. The molecule has 0 aliphatic heterocycles. The highest BCUT2D eigenvalue weighted by atomic mass is 35.5. The van der Waals surface area contributed by atoms with Crippen molar-refractivity contribution in [3.8, 4) is 0 Å². The second-order valence-corrected chi connectivity index (χ2v) is 6.83. The summed E-state index contributed by atoms with van der Waals surface area (Å²) in [6, 6.07) is 15.3. The van der Waals surface area contributed by atoms with Crippen LogP contribution in [0, 0.1) is 5.92 Å². The van der Waals surface area contributed by atoms with E-state index in [0.29, 0.717) is 6.42 Å². The van der Waals surface area contributed by atoms with E-state index in [2.05, 4.69) is 5.32 Å². The monoisotopic (exact) mass is 327 g/mol. The first-order valence-electron chi connectivity index (χ1n) is 7.96. The van der Waals surface area contributed by atoms with Crippen LogP contribution in [0.3, 0.4) is 0 Å². The molecule has 1 amide bonds. The van der Waals surface area contributed by atoms with Gasteiger partial charge < -0.3 is 10.4 Å². The molecule has 1 fully saturated rings. The van der Waals surface area contributed by atoms with Gasteiger partial charge in [0.15, 0.2) is 0 Å². The van der Waals surface area contributed by atoms with E-state index < -0.39 is 6.10 Å². The van der Waals surface area contributed by atoms with Crippen molar-refractivity contribution in [2.45, 2.75) is 30.9 Å². The number of carbonyl (C=O) groups excluding carboxylic acids is 1. The minimum Gasteiger partial charge on any atom is -0.390 e. The van der Waals surface area contributed by atoms with Gasteiger partial charge in [0.25, 0.3) is 0 Å². The van der Waals surface area contributed by atoms with Crippen molar-refractivity contribution in [1.29, 1.82) is 0 Å². The Morgan fingerprint density at radius 1 is 1.09 bits per heavy atom. The Morgan fingerprint density at radius 3 is 2.57 bits per heavy atom. The van der Waals surface area contributed by atoms with Crippen LogP contribution in [0.25, 0.3) is 0 Å². The SMILES string of the molecule is O=C(N[C@H]1c2ccccc2C[C@H]1O)C1CC1c1ccccc1Cl. The number of amides is 1. The molecule has 0 heterocycles. The molecule has 2 aliphatic carbocycles. The number of rotatable bonds is 3. The molecule has 0 spiro atoms. The highest BCUT2D eigenvalue weighted by Crippen LogP contribution is 2.50. The van der Waals surface area contributed by atoms with Crippen LogP contribution in [0.1, 0.15) is 35.1 Å². The van der Waals surface area contributed by atoms with Crippen molar-refractivity contribution >= 4 is 17.5 Å². The summed E-state index contributed by atoms with van der Waals surface area (Å²) in [6.45, 7) is 0. The van der Waals surface area contributed by atoms with Gasteiger partial charge in [0, 0.05) is 17.4 Å². The molecule has 4 heteroatoms. The maximum absolute atomic E-state index is 12.5. The Balaban J connectivity index is 1.47. The Morgan fingerprint density at radius 2 is 1.78 bits per heavy atom. The van der Waals surface area contributed by atoms with Crippen molar-refractivity contribution < 1.29 is 9.90 Å². The topological polar surface area (TPSA) is 49.3 Å². The zero-order valence-corrected chi connectivity index (χ0v) is 13.3. The van der Waals surface area contributed by atoms with E-state index in [1.807, 2.05) is 48.5 Å². The van der Waals surface area contributed by atoms with Gasteiger partial charge in [-0.25, -0.2) is 0 Å². The second kappa shape index (κ2) is 5.66. The molecule has 0 aromatic heterocycles. The first-order chi connectivity index (χ1) is 11.1. The molecule has 23 heavy (non-hydrogen) atoms. The summed E-state index contributed by atoms with van der Waals surface area (Å²) in [4.78, 5) is 12.5. The highest BCUT2D eigenvalue weighted by Gasteiger charge is 2.46. The number of nitrogens with one attached hydrogen (secondary N) is 1. The predicted octanol–water partition coefficient (Wildman–Crippen LogP) is 3.22. The smallest absolute Gasteiger partial charge is 0.224 e. The molecule has 2 unspecified atom stereocenters. The van der Waals surface area contributed by atoms with E-state index in [-0.39, 0.29) is 23.8 Å². The van der Waals surface area contributed by atoms with Crippen LogP contribution in [0.5, 0.6) is 0 Å². The lowest BCUT2D eigenvalue weighted by molar-refractivity contribution is -0.123. The average Bonchev–Trinajstić information content (AvgIpc) is 3.28. The van der Waals surface area contributed by atoms with Crippen LogP contribution >= 0.6 is 11.6 Å².